The van der Waals surface area contributed by atoms with E-state index in [1.165, 1.54) is 4.57 Å². The van der Waals surface area contributed by atoms with E-state index in [1.54, 1.807) is 30.2 Å². The van der Waals surface area contributed by atoms with Gasteiger partial charge in [0, 0.05) is 31.3 Å². The Morgan fingerprint density at radius 1 is 1.23 bits per heavy atom. The van der Waals surface area contributed by atoms with E-state index in [0.717, 1.165) is 5.56 Å². The Balaban J connectivity index is 1.83. The van der Waals surface area contributed by atoms with Gasteiger partial charge < -0.3 is 14.1 Å². The van der Waals surface area contributed by atoms with Crippen LogP contribution in [-0.4, -0.2) is 35.6 Å². The molecule has 2 aromatic carbocycles. The lowest BCUT2D eigenvalue weighted by Gasteiger charge is -2.22. The van der Waals surface area contributed by atoms with E-state index in [2.05, 4.69) is 0 Å². The molecule has 3 aromatic rings. The molecular formula is C19H19ClN2O4. The molecule has 0 saturated heterocycles. The zero-order valence-corrected chi connectivity index (χ0v) is 15.1. The molecule has 0 atom stereocenters. The van der Waals surface area contributed by atoms with Gasteiger partial charge in [-0.05, 0) is 17.7 Å². The van der Waals surface area contributed by atoms with Gasteiger partial charge in [0.2, 0.25) is 5.91 Å². The van der Waals surface area contributed by atoms with Gasteiger partial charge in [-0.2, -0.15) is 0 Å². The highest BCUT2D eigenvalue weighted by Gasteiger charge is 2.18. The van der Waals surface area contributed by atoms with E-state index >= 15 is 0 Å². The summed E-state index contributed by atoms with van der Waals surface area (Å²) >= 11 is 5.92. The molecule has 0 radical (unpaired) electrons. The van der Waals surface area contributed by atoms with E-state index in [-0.39, 0.29) is 12.5 Å². The van der Waals surface area contributed by atoms with E-state index in [0.29, 0.717) is 35.8 Å². The van der Waals surface area contributed by atoms with E-state index in [9.17, 15) is 9.59 Å². The highest BCUT2D eigenvalue weighted by molar-refractivity contribution is 6.31. The molecule has 7 heteroatoms. The summed E-state index contributed by atoms with van der Waals surface area (Å²) in [5, 5.41) is 0.468. The number of halogens is 1. The Kier molecular flexibility index (Phi) is 5.75. The molecule has 26 heavy (non-hydrogen) atoms. The average Bonchev–Trinajstić information content (AvgIpc) is 2.93. The number of oxazole rings is 1. The Hall–Kier alpha value is -2.57. The Morgan fingerprint density at radius 3 is 2.73 bits per heavy atom. The number of hydrogen-bond acceptors (Lipinski definition) is 4. The van der Waals surface area contributed by atoms with Gasteiger partial charge in [-0.25, -0.2) is 4.79 Å². The number of benzene rings is 2. The molecule has 1 amide bonds. The van der Waals surface area contributed by atoms with Crippen molar-refractivity contribution >= 4 is 28.6 Å². The lowest BCUT2D eigenvalue weighted by molar-refractivity contribution is -0.133. The second kappa shape index (κ2) is 8.21. The third-order valence-electron chi connectivity index (χ3n) is 4.06. The second-order valence-electron chi connectivity index (χ2n) is 5.86. The zero-order chi connectivity index (χ0) is 18.5. The molecule has 0 aliphatic carbocycles. The molecule has 6 nitrogen and oxygen atoms in total. The van der Waals surface area contributed by atoms with Crippen molar-refractivity contribution in [3.63, 3.8) is 0 Å². The minimum absolute atomic E-state index is 0.107. The fourth-order valence-corrected chi connectivity index (χ4v) is 2.88. The first-order valence-electron chi connectivity index (χ1n) is 8.18. The molecule has 0 aliphatic rings. The molecular weight excluding hydrogens is 356 g/mol. The van der Waals surface area contributed by atoms with Gasteiger partial charge in [0.25, 0.3) is 0 Å². The minimum Gasteiger partial charge on any atom is -0.408 e. The van der Waals surface area contributed by atoms with Crippen LogP contribution in [0.2, 0.25) is 5.02 Å². The maximum atomic E-state index is 12.8. The number of fused-ring (bicyclic) bond motifs is 1. The smallest absolute Gasteiger partial charge is 0.408 e. The largest absolute Gasteiger partial charge is 0.420 e. The summed E-state index contributed by atoms with van der Waals surface area (Å²) in [4.78, 5) is 26.6. The van der Waals surface area contributed by atoms with Gasteiger partial charge >= 0.3 is 5.76 Å². The first kappa shape index (κ1) is 18.2. The van der Waals surface area contributed by atoms with Gasteiger partial charge in [0.15, 0.2) is 5.58 Å². The first-order valence-corrected chi connectivity index (χ1v) is 8.56. The zero-order valence-electron chi connectivity index (χ0n) is 14.4. The van der Waals surface area contributed by atoms with Crippen molar-refractivity contribution in [1.29, 1.82) is 0 Å². The van der Waals surface area contributed by atoms with Crippen molar-refractivity contribution < 1.29 is 13.9 Å². The van der Waals surface area contributed by atoms with Crippen molar-refractivity contribution in [2.75, 3.05) is 20.3 Å². The van der Waals surface area contributed by atoms with Gasteiger partial charge in [0.05, 0.1) is 12.1 Å². The maximum absolute atomic E-state index is 12.8. The predicted octanol–water partition coefficient (Wildman–Crippen LogP) is 2.92. The van der Waals surface area contributed by atoms with Crippen molar-refractivity contribution in [2.45, 2.75) is 13.1 Å². The fourth-order valence-electron chi connectivity index (χ4n) is 2.72. The van der Waals surface area contributed by atoms with Crippen LogP contribution in [0.5, 0.6) is 0 Å². The van der Waals surface area contributed by atoms with Gasteiger partial charge in [-0.1, -0.05) is 41.9 Å². The maximum Gasteiger partial charge on any atom is 0.420 e. The Morgan fingerprint density at radius 2 is 2.00 bits per heavy atom. The standard InChI is InChI=1S/C19H19ClN2O4/c1-25-10-9-21(12-14-5-3-2-4-6-14)18(23)13-22-16-8-7-15(20)11-17(16)26-19(22)24/h2-8,11H,9-10,12-13H2,1H3. The Labute approximate surface area is 155 Å². The van der Waals surface area contributed by atoms with Crippen LogP contribution < -0.4 is 5.76 Å². The number of carbonyl (C=O) groups excluding carboxylic acids is 1. The fraction of sp³-hybridized carbons (Fsp3) is 0.263. The number of methoxy groups -OCH3 is 1. The van der Waals surface area contributed by atoms with Crippen LogP contribution in [0, 0.1) is 0 Å². The Bertz CT molecular complexity index is 949. The molecule has 136 valence electrons. The lowest BCUT2D eigenvalue weighted by atomic mass is 10.2. The minimum atomic E-state index is -0.581. The molecule has 0 N–H and O–H groups in total. The number of aromatic nitrogens is 1. The highest BCUT2D eigenvalue weighted by atomic mass is 35.5. The monoisotopic (exact) mass is 374 g/mol. The van der Waals surface area contributed by atoms with Crippen LogP contribution in [0.25, 0.3) is 11.1 Å². The number of carbonyl (C=O) groups is 1. The molecule has 1 heterocycles. The summed E-state index contributed by atoms with van der Waals surface area (Å²) in [5.74, 6) is -0.771. The molecule has 0 spiro atoms. The summed E-state index contributed by atoms with van der Waals surface area (Å²) in [5.41, 5.74) is 1.91. The predicted molar refractivity (Wildman–Crippen MR) is 99.2 cm³/mol. The van der Waals surface area contributed by atoms with E-state index < -0.39 is 5.76 Å². The van der Waals surface area contributed by atoms with E-state index in [4.69, 9.17) is 20.8 Å². The molecule has 1 aromatic heterocycles. The number of amides is 1. The second-order valence-corrected chi connectivity index (χ2v) is 6.30. The summed E-state index contributed by atoms with van der Waals surface area (Å²) in [6.07, 6.45) is 0. The third kappa shape index (κ3) is 4.15. The molecule has 0 aliphatic heterocycles. The van der Waals surface area contributed by atoms with Crippen molar-refractivity contribution in [3.8, 4) is 0 Å². The topological polar surface area (TPSA) is 64.7 Å². The molecule has 0 saturated carbocycles. The first-order chi connectivity index (χ1) is 12.6. The summed E-state index contributed by atoms with van der Waals surface area (Å²) in [7, 11) is 1.59. The van der Waals surface area contributed by atoms with Gasteiger partial charge in [0.1, 0.15) is 6.54 Å². The van der Waals surface area contributed by atoms with Crippen molar-refractivity contribution in [3.05, 3.63) is 69.7 Å². The van der Waals surface area contributed by atoms with Crippen LogP contribution in [0.3, 0.4) is 0 Å². The van der Waals surface area contributed by atoms with Crippen LogP contribution in [0.1, 0.15) is 5.56 Å². The quantitative estimate of drug-likeness (QED) is 0.637. The van der Waals surface area contributed by atoms with Crippen LogP contribution in [0.4, 0.5) is 0 Å². The van der Waals surface area contributed by atoms with E-state index in [1.807, 2.05) is 30.3 Å². The average molecular weight is 375 g/mol. The summed E-state index contributed by atoms with van der Waals surface area (Å²) in [6, 6.07) is 14.6. The molecule has 3 rings (SSSR count). The number of hydrogen-bond donors (Lipinski definition) is 0. The van der Waals surface area contributed by atoms with Crippen LogP contribution in [-0.2, 0) is 22.6 Å². The van der Waals surface area contributed by atoms with Crippen LogP contribution >= 0.6 is 11.6 Å². The number of rotatable bonds is 7. The number of nitrogens with zero attached hydrogens (tertiary/aromatic N) is 2. The van der Waals surface area contributed by atoms with Gasteiger partial charge in [-0.15, -0.1) is 0 Å². The van der Waals surface area contributed by atoms with Crippen molar-refractivity contribution in [2.24, 2.45) is 0 Å². The van der Waals surface area contributed by atoms with Gasteiger partial charge in [-0.3, -0.25) is 9.36 Å². The third-order valence-corrected chi connectivity index (χ3v) is 4.29. The number of ether oxygens (including phenoxy) is 1. The summed E-state index contributed by atoms with van der Waals surface area (Å²) in [6.45, 7) is 1.18. The summed E-state index contributed by atoms with van der Waals surface area (Å²) < 4.78 is 11.6. The molecule has 0 bridgehead atoms. The molecule has 0 fully saturated rings. The lowest BCUT2D eigenvalue weighted by Crippen LogP contribution is -2.37. The van der Waals surface area contributed by atoms with Crippen LogP contribution in [0.15, 0.2) is 57.7 Å². The van der Waals surface area contributed by atoms with Crippen molar-refractivity contribution in [1.82, 2.24) is 9.47 Å². The molecule has 0 unspecified atom stereocenters. The highest BCUT2D eigenvalue weighted by Crippen LogP contribution is 2.18. The SMILES string of the molecule is COCCN(Cc1ccccc1)C(=O)Cn1c(=O)oc2cc(Cl)ccc21. The normalized spacial score (nSPS) is 11.0.